The summed E-state index contributed by atoms with van der Waals surface area (Å²) in [4.78, 5) is 12.7. The predicted octanol–water partition coefficient (Wildman–Crippen LogP) is 2.48. The zero-order valence-corrected chi connectivity index (χ0v) is 10.1. The Kier molecular flexibility index (Phi) is 2.33. The second-order valence-corrected chi connectivity index (χ2v) is 4.24. The van der Waals surface area contributed by atoms with Crippen molar-refractivity contribution in [1.29, 1.82) is 0 Å². The topological polar surface area (TPSA) is 43.6 Å². The van der Waals surface area contributed by atoms with Crippen molar-refractivity contribution in [1.82, 2.24) is 19.5 Å². The maximum absolute atomic E-state index is 13.8. The summed E-state index contributed by atoms with van der Waals surface area (Å²) in [6.45, 7) is 1.91. The number of hydrogen-bond acceptors (Lipinski definition) is 3. The molecular weight excluding hydrogens is 231 g/mol. The van der Waals surface area contributed by atoms with Gasteiger partial charge in [-0.25, -0.2) is 19.3 Å². The number of halogens is 1. The van der Waals surface area contributed by atoms with Crippen molar-refractivity contribution in [2.24, 2.45) is 7.05 Å². The first-order valence-electron chi connectivity index (χ1n) is 5.56. The van der Waals surface area contributed by atoms with Gasteiger partial charge in [-0.3, -0.25) is 0 Å². The van der Waals surface area contributed by atoms with Gasteiger partial charge in [0.2, 0.25) is 0 Å². The molecule has 0 spiro atoms. The van der Waals surface area contributed by atoms with E-state index in [1.807, 2.05) is 14.0 Å². The molecule has 0 amide bonds. The van der Waals surface area contributed by atoms with Gasteiger partial charge in [-0.15, -0.1) is 0 Å². The lowest BCUT2D eigenvalue weighted by molar-refractivity contribution is 0.629. The molecule has 90 valence electrons. The van der Waals surface area contributed by atoms with Gasteiger partial charge in [-0.05, 0) is 19.1 Å². The molecule has 0 radical (unpaired) electrons. The summed E-state index contributed by atoms with van der Waals surface area (Å²) < 4.78 is 15.6. The lowest BCUT2D eigenvalue weighted by Crippen LogP contribution is -1.95. The van der Waals surface area contributed by atoms with Gasteiger partial charge in [-0.1, -0.05) is 11.6 Å². The fourth-order valence-electron chi connectivity index (χ4n) is 1.86. The summed E-state index contributed by atoms with van der Waals surface area (Å²) in [6, 6.07) is 4.90. The summed E-state index contributed by atoms with van der Waals surface area (Å²) in [5.41, 5.74) is 2.79. The predicted molar refractivity (Wildman–Crippen MR) is 66.4 cm³/mol. The average molecular weight is 242 g/mol. The highest BCUT2D eigenvalue weighted by molar-refractivity contribution is 5.72. The third-order valence-electron chi connectivity index (χ3n) is 2.82. The Bertz CT molecular complexity index is 733. The van der Waals surface area contributed by atoms with Crippen molar-refractivity contribution in [3.63, 3.8) is 0 Å². The molecule has 0 saturated heterocycles. The third kappa shape index (κ3) is 1.64. The van der Waals surface area contributed by atoms with E-state index in [4.69, 9.17) is 0 Å². The van der Waals surface area contributed by atoms with Gasteiger partial charge in [0.1, 0.15) is 11.3 Å². The molecule has 0 fully saturated rings. The van der Waals surface area contributed by atoms with Crippen LogP contribution in [0, 0.1) is 12.7 Å². The zero-order valence-electron chi connectivity index (χ0n) is 10.1. The number of benzene rings is 1. The maximum Gasteiger partial charge on any atom is 0.164 e. The number of aryl methyl sites for hydroxylation is 2. The fraction of sp³-hybridized carbons (Fsp3) is 0.154. The van der Waals surface area contributed by atoms with Crippen LogP contribution in [0.4, 0.5) is 4.39 Å². The van der Waals surface area contributed by atoms with Crippen LogP contribution in [0.1, 0.15) is 5.56 Å². The Labute approximate surface area is 103 Å². The highest BCUT2D eigenvalue weighted by Gasteiger charge is 2.10. The van der Waals surface area contributed by atoms with Crippen molar-refractivity contribution in [3.05, 3.63) is 42.1 Å². The Morgan fingerprint density at radius 2 is 2.06 bits per heavy atom. The molecular formula is C13H11FN4. The van der Waals surface area contributed by atoms with Crippen LogP contribution in [0.25, 0.3) is 22.6 Å². The quantitative estimate of drug-likeness (QED) is 0.658. The van der Waals surface area contributed by atoms with E-state index in [0.717, 1.165) is 5.56 Å². The summed E-state index contributed by atoms with van der Waals surface area (Å²) >= 11 is 0. The van der Waals surface area contributed by atoms with Crippen molar-refractivity contribution in [2.75, 3.05) is 0 Å². The van der Waals surface area contributed by atoms with E-state index in [1.54, 1.807) is 29.2 Å². The summed E-state index contributed by atoms with van der Waals surface area (Å²) in [5.74, 6) is 0.0643. The summed E-state index contributed by atoms with van der Waals surface area (Å²) in [7, 11) is 1.85. The number of imidazole rings is 1. The van der Waals surface area contributed by atoms with Gasteiger partial charge in [-0.2, -0.15) is 0 Å². The molecule has 0 aliphatic heterocycles. The van der Waals surface area contributed by atoms with Crippen LogP contribution < -0.4 is 0 Å². The molecule has 3 aromatic rings. The van der Waals surface area contributed by atoms with E-state index >= 15 is 0 Å². The Morgan fingerprint density at radius 1 is 1.22 bits per heavy atom. The van der Waals surface area contributed by atoms with Crippen LogP contribution in [0.15, 0.2) is 30.7 Å². The second kappa shape index (κ2) is 3.87. The van der Waals surface area contributed by atoms with Crippen molar-refractivity contribution >= 4 is 11.2 Å². The standard InChI is InChI=1S/C13H11FN4/c1-8-3-4-10(14)9(5-8)12-15-6-11-13(17-12)18(2)7-16-11/h3-7H,1-2H3. The Hall–Kier alpha value is -2.30. The van der Waals surface area contributed by atoms with E-state index in [2.05, 4.69) is 15.0 Å². The summed E-state index contributed by atoms with van der Waals surface area (Å²) in [5, 5.41) is 0. The lowest BCUT2D eigenvalue weighted by atomic mass is 10.1. The minimum atomic E-state index is -0.317. The highest BCUT2D eigenvalue weighted by atomic mass is 19.1. The second-order valence-electron chi connectivity index (χ2n) is 4.24. The van der Waals surface area contributed by atoms with Gasteiger partial charge in [0.15, 0.2) is 11.5 Å². The molecule has 18 heavy (non-hydrogen) atoms. The summed E-state index contributed by atoms with van der Waals surface area (Å²) in [6.07, 6.45) is 3.27. The number of rotatable bonds is 1. The number of nitrogens with zero attached hydrogens (tertiary/aromatic N) is 4. The van der Waals surface area contributed by atoms with Crippen molar-refractivity contribution in [2.45, 2.75) is 6.92 Å². The Balaban J connectivity index is 2.24. The maximum atomic E-state index is 13.8. The van der Waals surface area contributed by atoms with Crippen LogP contribution in [0.3, 0.4) is 0 Å². The lowest BCUT2D eigenvalue weighted by Gasteiger charge is -2.03. The monoisotopic (exact) mass is 242 g/mol. The molecule has 0 atom stereocenters. The molecule has 0 unspecified atom stereocenters. The first-order valence-corrected chi connectivity index (χ1v) is 5.56. The highest BCUT2D eigenvalue weighted by Crippen LogP contribution is 2.21. The number of aromatic nitrogens is 4. The average Bonchev–Trinajstić information content (AvgIpc) is 2.74. The minimum Gasteiger partial charge on any atom is -0.318 e. The minimum absolute atomic E-state index is 0.317. The van der Waals surface area contributed by atoms with Crippen LogP contribution in [0.5, 0.6) is 0 Å². The van der Waals surface area contributed by atoms with Gasteiger partial charge in [0.05, 0.1) is 18.1 Å². The molecule has 1 aromatic carbocycles. The molecule has 3 rings (SSSR count). The van der Waals surface area contributed by atoms with E-state index in [1.165, 1.54) is 6.07 Å². The first-order chi connectivity index (χ1) is 8.65. The van der Waals surface area contributed by atoms with E-state index in [9.17, 15) is 4.39 Å². The largest absolute Gasteiger partial charge is 0.318 e. The zero-order chi connectivity index (χ0) is 12.7. The Morgan fingerprint density at radius 3 is 2.89 bits per heavy atom. The van der Waals surface area contributed by atoms with Crippen molar-refractivity contribution < 1.29 is 4.39 Å². The first kappa shape index (κ1) is 10.8. The van der Waals surface area contributed by atoms with Gasteiger partial charge in [0.25, 0.3) is 0 Å². The molecule has 5 heteroatoms. The molecule has 0 bridgehead atoms. The van der Waals surface area contributed by atoms with E-state index < -0.39 is 0 Å². The normalized spacial score (nSPS) is 11.1. The van der Waals surface area contributed by atoms with Crippen LogP contribution in [0.2, 0.25) is 0 Å². The van der Waals surface area contributed by atoms with Gasteiger partial charge >= 0.3 is 0 Å². The van der Waals surface area contributed by atoms with Crippen molar-refractivity contribution in [3.8, 4) is 11.4 Å². The third-order valence-corrected chi connectivity index (χ3v) is 2.82. The van der Waals surface area contributed by atoms with Crippen LogP contribution in [-0.4, -0.2) is 19.5 Å². The molecule has 4 nitrogen and oxygen atoms in total. The smallest absolute Gasteiger partial charge is 0.164 e. The number of fused-ring (bicyclic) bond motifs is 1. The van der Waals surface area contributed by atoms with E-state index in [0.29, 0.717) is 22.6 Å². The fourth-order valence-corrected chi connectivity index (χ4v) is 1.86. The molecule has 0 N–H and O–H groups in total. The van der Waals surface area contributed by atoms with E-state index in [-0.39, 0.29) is 5.82 Å². The van der Waals surface area contributed by atoms with Gasteiger partial charge in [0, 0.05) is 7.05 Å². The molecule has 0 aliphatic rings. The molecule has 2 aromatic heterocycles. The van der Waals surface area contributed by atoms with Crippen LogP contribution in [-0.2, 0) is 7.05 Å². The molecule has 0 aliphatic carbocycles. The van der Waals surface area contributed by atoms with Crippen LogP contribution >= 0.6 is 0 Å². The SMILES string of the molecule is Cc1ccc(F)c(-c2ncc3ncn(C)c3n2)c1. The molecule has 0 saturated carbocycles. The van der Waals surface area contributed by atoms with Gasteiger partial charge < -0.3 is 4.57 Å². The molecule has 2 heterocycles. The number of hydrogen-bond donors (Lipinski definition) is 0.